The SMILES string of the molecule is CC(C)CC(c1nc(C(=O)NN)cs1)N(C(=O)O)C(C)(C)C. The monoisotopic (exact) mass is 328 g/mol. The molecule has 22 heavy (non-hydrogen) atoms. The maximum absolute atomic E-state index is 11.7. The van der Waals surface area contributed by atoms with Crippen molar-refractivity contribution in [2.45, 2.75) is 52.6 Å². The largest absolute Gasteiger partial charge is 0.465 e. The number of nitrogens with two attached hydrogens (primary N) is 1. The van der Waals surface area contributed by atoms with Gasteiger partial charge in [-0.25, -0.2) is 15.6 Å². The van der Waals surface area contributed by atoms with Crippen LogP contribution in [0.4, 0.5) is 4.79 Å². The summed E-state index contributed by atoms with van der Waals surface area (Å²) in [4.78, 5) is 29.0. The first-order valence-corrected chi connectivity index (χ1v) is 7.94. The molecule has 8 heteroatoms. The van der Waals surface area contributed by atoms with Gasteiger partial charge in [-0.3, -0.25) is 15.1 Å². The number of nitrogens with one attached hydrogen (secondary N) is 1. The molecular weight excluding hydrogens is 304 g/mol. The van der Waals surface area contributed by atoms with E-state index in [4.69, 9.17) is 5.84 Å². The Balaban J connectivity index is 3.24. The number of carboxylic acid groups (broad SMARTS) is 1. The molecule has 1 aromatic rings. The zero-order valence-corrected chi connectivity index (χ0v) is 14.4. The van der Waals surface area contributed by atoms with Crippen LogP contribution in [0, 0.1) is 5.92 Å². The first kappa shape index (κ1) is 18.4. The minimum absolute atomic E-state index is 0.204. The molecule has 0 aliphatic carbocycles. The normalized spacial score (nSPS) is 13.0. The van der Waals surface area contributed by atoms with E-state index in [2.05, 4.69) is 4.98 Å². The van der Waals surface area contributed by atoms with Crippen molar-refractivity contribution in [3.8, 4) is 0 Å². The van der Waals surface area contributed by atoms with E-state index in [0.29, 0.717) is 11.4 Å². The summed E-state index contributed by atoms with van der Waals surface area (Å²) in [7, 11) is 0. The third kappa shape index (κ3) is 4.41. The van der Waals surface area contributed by atoms with Crippen LogP contribution in [-0.2, 0) is 0 Å². The van der Waals surface area contributed by atoms with E-state index in [1.165, 1.54) is 16.2 Å². The number of hydrogen-bond acceptors (Lipinski definition) is 5. The van der Waals surface area contributed by atoms with Crippen molar-refractivity contribution in [3.05, 3.63) is 16.1 Å². The molecule has 0 saturated carbocycles. The van der Waals surface area contributed by atoms with E-state index in [0.717, 1.165) is 0 Å². The van der Waals surface area contributed by atoms with Gasteiger partial charge in [0.25, 0.3) is 5.91 Å². The highest BCUT2D eigenvalue weighted by molar-refractivity contribution is 7.09. The molecule has 1 unspecified atom stereocenters. The molecular formula is C14H24N4O3S. The highest BCUT2D eigenvalue weighted by Gasteiger charge is 2.36. The van der Waals surface area contributed by atoms with Gasteiger partial charge in [0.1, 0.15) is 10.7 Å². The quantitative estimate of drug-likeness (QED) is 0.437. The lowest BCUT2D eigenvalue weighted by Gasteiger charge is -2.39. The van der Waals surface area contributed by atoms with Gasteiger partial charge in [0.15, 0.2) is 0 Å². The second-order valence-corrected chi connectivity index (χ2v) is 7.40. The van der Waals surface area contributed by atoms with Crippen LogP contribution in [0.15, 0.2) is 5.38 Å². The van der Waals surface area contributed by atoms with Gasteiger partial charge in [-0.15, -0.1) is 11.3 Å². The fourth-order valence-corrected chi connectivity index (χ4v) is 3.17. The summed E-state index contributed by atoms with van der Waals surface area (Å²) in [6.45, 7) is 9.58. The maximum Gasteiger partial charge on any atom is 0.408 e. The molecule has 1 rings (SSSR count). The Morgan fingerprint density at radius 2 is 2.05 bits per heavy atom. The zero-order valence-electron chi connectivity index (χ0n) is 13.6. The van der Waals surface area contributed by atoms with Gasteiger partial charge in [0.05, 0.1) is 6.04 Å². The molecule has 0 spiro atoms. The van der Waals surface area contributed by atoms with Gasteiger partial charge >= 0.3 is 6.09 Å². The molecule has 0 bridgehead atoms. The molecule has 4 N–H and O–H groups in total. The molecule has 2 amide bonds. The standard InChI is InChI=1S/C14H24N4O3S/c1-8(2)6-10(18(13(20)21)14(3,4)5)12-16-9(7-22-12)11(19)17-15/h7-8,10H,6,15H2,1-5H3,(H,17,19)(H,20,21). The predicted octanol–water partition coefficient (Wildman–Crippen LogP) is 2.61. The molecule has 0 aromatic carbocycles. The van der Waals surface area contributed by atoms with Crippen molar-refractivity contribution >= 4 is 23.3 Å². The zero-order chi connectivity index (χ0) is 17.1. The van der Waals surface area contributed by atoms with Crippen LogP contribution < -0.4 is 11.3 Å². The average Bonchev–Trinajstić information content (AvgIpc) is 2.83. The molecule has 0 fully saturated rings. The van der Waals surface area contributed by atoms with Crippen LogP contribution in [0.1, 0.15) is 62.6 Å². The third-order valence-electron chi connectivity index (χ3n) is 3.11. The van der Waals surface area contributed by atoms with Crippen molar-refractivity contribution in [3.63, 3.8) is 0 Å². The van der Waals surface area contributed by atoms with Crippen LogP contribution in [0.3, 0.4) is 0 Å². The predicted molar refractivity (Wildman–Crippen MR) is 85.6 cm³/mol. The van der Waals surface area contributed by atoms with E-state index in [9.17, 15) is 14.7 Å². The van der Waals surface area contributed by atoms with Gasteiger partial charge < -0.3 is 5.11 Å². The van der Waals surface area contributed by atoms with Crippen LogP contribution >= 0.6 is 11.3 Å². The Kier molecular flexibility index (Phi) is 5.90. The van der Waals surface area contributed by atoms with Gasteiger partial charge in [-0.05, 0) is 33.1 Å². The Labute approximate surface area is 134 Å². The van der Waals surface area contributed by atoms with E-state index < -0.39 is 23.6 Å². The average molecular weight is 328 g/mol. The molecule has 0 aliphatic rings. The Morgan fingerprint density at radius 3 is 2.45 bits per heavy atom. The second-order valence-electron chi connectivity index (χ2n) is 6.51. The van der Waals surface area contributed by atoms with Crippen molar-refractivity contribution in [2.24, 2.45) is 11.8 Å². The summed E-state index contributed by atoms with van der Waals surface area (Å²) >= 11 is 1.27. The number of rotatable bonds is 5. The van der Waals surface area contributed by atoms with Crippen LogP contribution in [0.5, 0.6) is 0 Å². The lowest BCUT2D eigenvalue weighted by atomic mass is 9.97. The lowest BCUT2D eigenvalue weighted by molar-refractivity contribution is 0.0623. The smallest absolute Gasteiger partial charge is 0.408 e. The molecule has 7 nitrogen and oxygen atoms in total. The first-order valence-electron chi connectivity index (χ1n) is 7.06. The van der Waals surface area contributed by atoms with E-state index in [1.807, 2.05) is 40.0 Å². The first-order chi connectivity index (χ1) is 10.1. The summed E-state index contributed by atoms with van der Waals surface area (Å²) in [6.07, 6.45) is -0.376. The molecule has 0 saturated heterocycles. The van der Waals surface area contributed by atoms with Crippen molar-refractivity contribution < 1.29 is 14.7 Å². The second kappa shape index (κ2) is 7.06. The highest BCUT2D eigenvalue weighted by atomic mass is 32.1. The summed E-state index contributed by atoms with van der Waals surface area (Å²) in [5, 5.41) is 11.8. The highest BCUT2D eigenvalue weighted by Crippen LogP contribution is 2.35. The molecule has 124 valence electrons. The Bertz CT molecular complexity index is 536. The number of hydrogen-bond donors (Lipinski definition) is 3. The number of aromatic nitrogens is 1. The Hall–Kier alpha value is -1.67. The van der Waals surface area contributed by atoms with Gasteiger partial charge in [0, 0.05) is 10.9 Å². The topological polar surface area (TPSA) is 109 Å². The minimum atomic E-state index is -1.00. The molecule has 1 atom stereocenters. The molecule has 1 aromatic heterocycles. The fourth-order valence-electron chi connectivity index (χ4n) is 2.27. The van der Waals surface area contributed by atoms with E-state index >= 15 is 0 Å². The molecule has 0 radical (unpaired) electrons. The van der Waals surface area contributed by atoms with Crippen molar-refractivity contribution in [1.82, 2.24) is 15.3 Å². The summed E-state index contributed by atoms with van der Waals surface area (Å²) < 4.78 is 0. The van der Waals surface area contributed by atoms with Gasteiger partial charge in [-0.2, -0.15) is 0 Å². The summed E-state index contributed by atoms with van der Waals surface area (Å²) in [6, 6.07) is -0.401. The summed E-state index contributed by atoms with van der Waals surface area (Å²) in [5.74, 6) is 4.91. The number of nitrogen functional groups attached to an aromatic ring is 1. The number of nitrogens with zero attached hydrogens (tertiary/aromatic N) is 2. The number of hydrazine groups is 1. The Morgan fingerprint density at radius 1 is 1.45 bits per heavy atom. The van der Waals surface area contributed by atoms with Crippen molar-refractivity contribution in [2.75, 3.05) is 0 Å². The summed E-state index contributed by atoms with van der Waals surface area (Å²) in [5.41, 5.74) is 1.66. The number of thiazole rings is 1. The lowest BCUT2D eigenvalue weighted by Crippen LogP contribution is -2.47. The van der Waals surface area contributed by atoms with Crippen LogP contribution in [0.25, 0.3) is 0 Å². The van der Waals surface area contributed by atoms with Crippen LogP contribution in [0.2, 0.25) is 0 Å². The van der Waals surface area contributed by atoms with E-state index in [-0.39, 0.29) is 11.6 Å². The van der Waals surface area contributed by atoms with Gasteiger partial charge in [0.2, 0.25) is 0 Å². The van der Waals surface area contributed by atoms with Crippen molar-refractivity contribution in [1.29, 1.82) is 0 Å². The minimum Gasteiger partial charge on any atom is -0.465 e. The van der Waals surface area contributed by atoms with Gasteiger partial charge in [-0.1, -0.05) is 13.8 Å². The number of carbonyl (C=O) groups is 2. The maximum atomic E-state index is 11.7. The number of carbonyl (C=O) groups excluding carboxylic acids is 1. The molecule has 1 heterocycles. The molecule has 0 aliphatic heterocycles. The number of amides is 2. The van der Waals surface area contributed by atoms with E-state index in [1.54, 1.807) is 5.38 Å². The fraction of sp³-hybridized carbons (Fsp3) is 0.643. The third-order valence-corrected chi connectivity index (χ3v) is 4.05. The van der Waals surface area contributed by atoms with Crippen LogP contribution in [-0.4, -0.2) is 32.5 Å².